The summed E-state index contributed by atoms with van der Waals surface area (Å²) in [4.78, 5) is 55.6. The molecule has 5 aromatic rings. The molecule has 13 heteroatoms. The molecule has 65 heavy (non-hydrogen) atoms. The van der Waals surface area contributed by atoms with Crippen LogP contribution in [0.5, 0.6) is 11.5 Å². The van der Waals surface area contributed by atoms with Crippen molar-refractivity contribution in [3.63, 3.8) is 0 Å². The first-order chi connectivity index (χ1) is 31.8. The lowest BCUT2D eigenvalue weighted by Crippen LogP contribution is -2.50. The molecule has 1 saturated heterocycles. The zero-order chi connectivity index (χ0) is 45.2. The molecule has 340 valence electrons. The molecule has 13 nitrogen and oxygen atoms in total. The molecule has 1 spiro atoms. The Balaban J connectivity index is 0.943. The molecule has 9 rings (SSSR count). The number of fused-ring (bicyclic) bond motifs is 6. The van der Waals surface area contributed by atoms with E-state index in [0.29, 0.717) is 54.9 Å². The highest BCUT2D eigenvalue weighted by atomic mass is 16.5. The molecular formula is C52H61N7O6. The second kappa shape index (κ2) is 18.9. The van der Waals surface area contributed by atoms with Crippen molar-refractivity contribution in [2.24, 2.45) is 0 Å². The third kappa shape index (κ3) is 7.67. The van der Waals surface area contributed by atoms with Gasteiger partial charge in [-0.15, -0.1) is 0 Å². The minimum atomic E-state index is -0.953. The number of benzene rings is 5. The first kappa shape index (κ1) is 44.2. The van der Waals surface area contributed by atoms with E-state index in [2.05, 4.69) is 95.1 Å². The first-order valence-electron chi connectivity index (χ1n) is 23.5. The summed E-state index contributed by atoms with van der Waals surface area (Å²) in [5.74, 6) is 0.799. The van der Waals surface area contributed by atoms with Crippen LogP contribution >= 0.6 is 0 Å². The number of hydrogen-bond acceptors (Lipinski definition) is 11. The number of rotatable bonds is 18. The summed E-state index contributed by atoms with van der Waals surface area (Å²) in [5, 5.41) is 14.1. The van der Waals surface area contributed by atoms with Gasteiger partial charge in [0.25, 0.3) is 17.7 Å². The Morgan fingerprint density at radius 3 is 1.91 bits per heavy atom. The van der Waals surface area contributed by atoms with Crippen LogP contribution in [0.3, 0.4) is 0 Å². The molecule has 4 aliphatic heterocycles. The molecule has 0 aliphatic carbocycles. The van der Waals surface area contributed by atoms with Crippen molar-refractivity contribution in [2.45, 2.75) is 33.2 Å². The third-order valence-corrected chi connectivity index (χ3v) is 13.9. The van der Waals surface area contributed by atoms with Crippen LogP contribution in [-0.2, 0) is 10.3 Å². The monoisotopic (exact) mass is 879 g/mol. The zero-order valence-corrected chi connectivity index (χ0v) is 38.1. The molecule has 0 saturated carbocycles. The molecule has 0 atom stereocenters. The van der Waals surface area contributed by atoms with E-state index < -0.39 is 5.54 Å². The average molecular weight is 880 g/mol. The highest BCUT2D eigenvalue weighted by Gasteiger charge is 2.56. The van der Waals surface area contributed by atoms with Crippen molar-refractivity contribution in [3.8, 4) is 11.5 Å². The summed E-state index contributed by atoms with van der Waals surface area (Å²) in [6.45, 7) is 18.5. The summed E-state index contributed by atoms with van der Waals surface area (Å²) in [7, 11) is 0. The number of aliphatic hydroxyl groups excluding tert-OH is 1. The number of hydrogen-bond donors (Lipinski definition) is 2. The Morgan fingerprint density at radius 2 is 1.26 bits per heavy atom. The Labute approximate surface area is 382 Å². The Morgan fingerprint density at radius 1 is 0.646 bits per heavy atom. The number of piperazine rings is 1. The van der Waals surface area contributed by atoms with Gasteiger partial charge in [0.1, 0.15) is 17.0 Å². The summed E-state index contributed by atoms with van der Waals surface area (Å²) in [6.07, 6.45) is 0. The molecule has 0 aromatic heterocycles. The topological polar surface area (TPSA) is 121 Å². The first-order valence-corrected chi connectivity index (χ1v) is 23.5. The lowest BCUT2D eigenvalue weighted by atomic mass is 9.74. The summed E-state index contributed by atoms with van der Waals surface area (Å²) >= 11 is 0. The van der Waals surface area contributed by atoms with Crippen molar-refractivity contribution < 1.29 is 29.0 Å². The fourth-order valence-electron chi connectivity index (χ4n) is 10.6. The second-order valence-electron chi connectivity index (χ2n) is 17.1. The van der Waals surface area contributed by atoms with Crippen molar-refractivity contribution >= 4 is 45.6 Å². The number of nitrogens with zero attached hydrogens (tertiary/aromatic N) is 6. The van der Waals surface area contributed by atoms with Crippen LogP contribution in [0.25, 0.3) is 10.8 Å². The third-order valence-electron chi connectivity index (χ3n) is 13.9. The van der Waals surface area contributed by atoms with Crippen molar-refractivity contribution in [3.05, 3.63) is 124 Å². The molecule has 0 bridgehead atoms. The highest BCUT2D eigenvalue weighted by molar-refractivity contribution is 6.26. The molecule has 3 amide bonds. The zero-order valence-electron chi connectivity index (χ0n) is 38.1. The lowest BCUT2D eigenvalue weighted by molar-refractivity contribution is 0.0611. The average Bonchev–Trinajstić information content (AvgIpc) is 3.58. The standard InChI is InChI=1S/C52H61N7O6/c1-5-55(6-2)36-16-19-43-46(34-36)65-47-35-37(56(7-3)8-4)17-20-44(47)52(43)42-15-10-9-12-38(42)51(63)59(52)25-23-53-22-24-58-49(61)40-14-11-13-39-45(21-18-41(48(39)40)50(58)62)57-28-26-54(27-29-57)30-32-64-33-31-60/h9-21,34-35,53,60H,5-8,22-33H2,1-4H3. The van der Waals surface area contributed by atoms with E-state index in [4.69, 9.17) is 14.6 Å². The SMILES string of the molecule is CCN(CC)c1ccc2c(c1)Oc1cc(N(CC)CC)ccc1C21c2ccccc2C(=O)N1CCNCCN1C(=O)c2cccc3c(N4CCN(CCOCCO)CC4)ccc(c23)C1=O. The van der Waals surface area contributed by atoms with Crippen LogP contribution in [0.2, 0.25) is 0 Å². The summed E-state index contributed by atoms with van der Waals surface area (Å²) in [6, 6.07) is 30.4. The Hall–Kier alpha value is -5.99. The number of carbonyl (C=O) groups excluding carboxylic acids is 3. The molecule has 4 aliphatic rings. The fourth-order valence-corrected chi connectivity index (χ4v) is 10.6. The van der Waals surface area contributed by atoms with Crippen LogP contribution < -0.4 is 24.8 Å². The number of carbonyl (C=O) groups is 3. The largest absolute Gasteiger partial charge is 0.456 e. The predicted octanol–water partition coefficient (Wildman–Crippen LogP) is 6.40. The van der Waals surface area contributed by atoms with E-state index >= 15 is 0 Å². The lowest BCUT2D eigenvalue weighted by Gasteiger charge is -2.45. The van der Waals surface area contributed by atoms with E-state index in [0.717, 1.165) is 110 Å². The van der Waals surface area contributed by atoms with Crippen LogP contribution in [0.1, 0.15) is 75.5 Å². The molecular weight excluding hydrogens is 819 g/mol. The molecule has 5 aromatic carbocycles. The highest BCUT2D eigenvalue weighted by Crippen LogP contribution is 2.58. The molecule has 0 radical (unpaired) electrons. The van der Waals surface area contributed by atoms with Gasteiger partial charge in [0.05, 0.1) is 19.8 Å². The van der Waals surface area contributed by atoms with Gasteiger partial charge in [-0.25, -0.2) is 0 Å². The van der Waals surface area contributed by atoms with E-state index in [9.17, 15) is 14.4 Å². The maximum Gasteiger partial charge on any atom is 0.261 e. The Bertz CT molecular complexity index is 2500. The van der Waals surface area contributed by atoms with Crippen LogP contribution in [-0.4, -0.2) is 142 Å². The number of aliphatic hydroxyl groups is 1. The van der Waals surface area contributed by atoms with Gasteiger partial charge in [0.15, 0.2) is 0 Å². The number of nitrogens with one attached hydrogen (secondary N) is 1. The van der Waals surface area contributed by atoms with E-state index in [-0.39, 0.29) is 30.9 Å². The van der Waals surface area contributed by atoms with Gasteiger partial charge in [0, 0.05) is 153 Å². The van der Waals surface area contributed by atoms with Gasteiger partial charge in [-0.05, 0) is 69.7 Å². The smallest absolute Gasteiger partial charge is 0.261 e. The maximum absolute atomic E-state index is 14.8. The number of amides is 3. The van der Waals surface area contributed by atoms with Gasteiger partial charge < -0.3 is 39.5 Å². The number of anilines is 3. The van der Waals surface area contributed by atoms with Crippen LogP contribution in [0, 0.1) is 0 Å². The van der Waals surface area contributed by atoms with Crippen LogP contribution in [0.4, 0.5) is 17.1 Å². The van der Waals surface area contributed by atoms with E-state index in [1.807, 2.05) is 53.4 Å². The maximum atomic E-state index is 14.8. The van der Waals surface area contributed by atoms with Gasteiger partial charge in [-0.1, -0.05) is 42.5 Å². The normalized spacial score (nSPS) is 16.3. The minimum Gasteiger partial charge on any atom is -0.456 e. The van der Waals surface area contributed by atoms with Gasteiger partial charge in [-0.3, -0.25) is 24.2 Å². The fraction of sp³-hybridized carbons (Fsp3) is 0.404. The van der Waals surface area contributed by atoms with Crippen LogP contribution in [0.15, 0.2) is 91.0 Å². The minimum absolute atomic E-state index is 0.0251. The number of ether oxygens (including phenoxy) is 2. The molecule has 4 heterocycles. The summed E-state index contributed by atoms with van der Waals surface area (Å²) < 4.78 is 12.3. The van der Waals surface area contributed by atoms with Crippen molar-refractivity contribution in [1.29, 1.82) is 0 Å². The predicted molar refractivity (Wildman–Crippen MR) is 256 cm³/mol. The van der Waals surface area contributed by atoms with E-state index in [1.165, 1.54) is 4.90 Å². The van der Waals surface area contributed by atoms with Crippen molar-refractivity contribution in [2.75, 3.05) is 120 Å². The van der Waals surface area contributed by atoms with Crippen molar-refractivity contribution in [1.82, 2.24) is 20.0 Å². The van der Waals surface area contributed by atoms with Gasteiger partial charge >= 0.3 is 0 Å². The molecule has 0 unspecified atom stereocenters. The van der Waals surface area contributed by atoms with E-state index in [1.54, 1.807) is 0 Å². The number of imide groups is 1. The molecule has 2 N–H and O–H groups in total. The second-order valence-corrected chi connectivity index (χ2v) is 17.1. The molecule has 1 fully saturated rings. The van der Waals surface area contributed by atoms with Gasteiger partial charge in [-0.2, -0.15) is 0 Å². The quantitative estimate of drug-likeness (QED) is 0.0752. The Kier molecular flexibility index (Phi) is 12.8. The van der Waals surface area contributed by atoms with Gasteiger partial charge in [0.2, 0.25) is 0 Å². The summed E-state index contributed by atoms with van der Waals surface area (Å²) in [5.41, 5.74) is 6.67.